The summed E-state index contributed by atoms with van der Waals surface area (Å²) in [5, 5.41) is 5.33. The van der Waals surface area contributed by atoms with Gasteiger partial charge in [0.2, 0.25) is 0 Å². The molecule has 0 spiro atoms. The number of aromatic nitrogens is 2. The van der Waals surface area contributed by atoms with Crippen LogP contribution in [-0.4, -0.2) is 21.9 Å². The van der Waals surface area contributed by atoms with Crippen LogP contribution >= 0.6 is 0 Å². The maximum Gasteiger partial charge on any atom is 0.270 e. The Kier molecular flexibility index (Phi) is 4.12. The zero-order valence-corrected chi connectivity index (χ0v) is 16.0. The lowest BCUT2D eigenvalue weighted by atomic mass is 10.0. The van der Waals surface area contributed by atoms with Crippen molar-refractivity contribution in [2.45, 2.75) is 38.6 Å². The Bertz CT molecular complexity index is 1170. The highest BCUT2D eigenvalue weighted by atomic mass is 16.1. The zero-order valence-electron chi connectivity index (χ0n) is 16.0. The summed E-state index contributed by atoms with van der Waals surface area (Å²) in [6.07, 6.45) is 4.50. The largest absolute Gasteiger partial charge is 0.353 e. The third-order valence-electron chi connectivity index (χ3n) is 5.74. The van der Waals surface area contributed by atoms with E-state index >= 15 is 0 Å². The fourth-order valence-electron chi connectivity index (χ4n) is 4.21. The van der Waals surface area contributed by atoms with Crippen molar-refractivity contribution in [2.24, 2.45) is 0 Å². The third kappa shape index (κ3) is 2.95. The standard InChI is InChI=1S/C24H23N3O/c1-15-10-12-16(13-11-15)22-23-19(18-8-4-5-9-20(18)26-23)14-21(27-22)24(28)25-17-6-2-3-7-17/h4-5,8-14,17,26H,2-3,6-7H2,1H3,(H,25,28). The van der Waals surface area contributed by atoms with Crippen LogP contribution in [0.4, 0.5) is 0 Å². The van der Waals surface area contributed by atoms with E-state index in [4.69, 9.17) is 4.98 Å². The predicted octanol–water partition coefficient (Wildman–Crippen LogP) is 5.36. The van der Waals surface area contributed by atoms with E-state index in [2.05, 4.69) is 53.6 Å². The Morgan fingerprint density at radius 2 is 1.79 bits per heavy atom. The molecule has 5 rings (SSSR count). The Morgan fingerprint density at radius 3 is 2.57 bits per heavy atom. The number of aryl methyl sites for hydroxylation is 1. The van der Waals surface area contributed by atoms with Crippen LogP contribution in [0.2, 0.25) is 0 Å². The van der Waals surface area contributed by atoms with Gasteiger partial charge in [-0.1, -0.05) is 60.9 Å². The van der Waals surface area contributed by atoms with E-state index in [0.29, 0.717) is 5.69 Å². The molecule has 140 valence electrons. The van der Waals surface area contributed by atoms with Gasteiger partial charge in [-0.3, -0.25) is 4.79 Å². The van der Waals surface area contributed by atoms with Crippen molar-refractivity contribution in [1.82, 2.24) is 15.3 Å². The number of H-pyrrole nitrogens is 1. The van der Waals surface area contributed by atoms with E-state index in [9.17, 15) is 4.79 Å². The summed E-state index contributed by atoms with van der Waals surface area (Å²) < 4.78 is 0. The molecule has 0 atom stereocenters. The van der Waals surface area contributed by atoms with Crippen molar-refractivity contribution in [3.05, 3.63) is 65.9 Å². The summed E-state index contributed by atoms with van der Waals surface area (Å²) in [4.78, 5) is 21.3. The van der Waals surface area contributed by atoms with Crippen molar-refractivity contribution in [2.75, 3.05) is 0 Å². The molecule has 0 saturated heterocycles. The summed E-state index contributed by atoms with van der Waals surface area (Å²) in [7, 11) is 0. The minimum atomic E-state index is -0.0764. The van der Waals surface area contributed by atoms with Crippen LogP contribution < -0.4 is 5.32 Å². The molecule has 28 heavy (non-hydrogen) atoms. The van der Waals surface area contributed by atoms with Gasteiger partial charge >= 0.3 is 0 Å². The van der Waals surface area contributed by atoms with Crippen molar-refractivity contribution in [3.8, 4) is 11.3 Å². The van der Waals surface area contributed by atoms with Crippen molar-refractivity contribution in [3.63, 3.8) is 0 Å². The molecule has 4 nitrogen and oxygen atoms in total. The van der Waals surface area contributed by atoms with Gasteiger partial charge in [-0.25, -0.2) is 4.98 Å². The molecule has 2 aromatic heterocycles. The van der Waals surface area contributed by atoms with E-state index in [-0.39, 0.29) is 11.9 Å². The van der Waals surface area contributed by atoms with Gasteiger partial charge < -0.3 is 10.3 Å². The van der Waals surface area contributed by atoms with Gasteiger partial charge in [0.1, 0.15) is 5.69 Å². The molecule has 0 aliphatic heterocycles. The topological polar surface area (TPSA) is 57.8 Å². The van der Waals surface area contributed by atoms with E-state index in [1.165, 1.54) is 18.4 Å². The zero-order chi connectivity index (χ0) is 19.1. The van der Waals surface area contributed by atoms with Crippen LogP contribution in [-0.2, 0) is 0 Å². The smallest absolute Gasteiger partial charge is 0.270 e. The van der Waals surface area contributed by atoms with E-state index in [1.807, 2.05) is 18.2 Å². The lowest BCUT2D eigenvalue weighted by Gasteiger charge is -2.13. The number of nitrogens with zero attached hydrogens (tertiary/aromatic N) is 1. The Hall–Kier alpha value is -3.14. The molecule has 0 bridgehead atoms. The first-order valence-corrected chi connectivity index (χ1v) is 9.98. The van der Waals surface area contributed by atoms with E-state index < -0.39 is 0 Å². The number of benzene rings is 2. The highest BCUT2D eigenvalue weighted by molar-refractivity contribution is 6.13. The SMILES string of the molecule is Cc1ccc(-c2nc(C(=O)NC3CCCC3)cc3c2[nH]c2ccccc23)cc1. The molecule has 4 aromatic rings. The van der Waals surface area contributed by atoms with E-state index in [0.717, 1.165) is 45.9 Å². The van der Waals surface area contributed by atoms with Crippen molar-refractivity contribution in [1.29, 1.82) is 0 Å². The van der Waals surface area contributed by atoms with Gasteiger partial charge in [-0.2, -0.15) is 0 Å². The molecule has 0 radical (unpaired) electrons. The molecular weight excluding hydrogens is 346 g/mol. The van der Waals surface area contributed by atoms with Crippen LogP contribution in [0.25, 0.3) is 33.1 Å². The maximum absolute atomic E-state index is 13.0. The number of amides is 1. The Labute approximate surface area is 164 Å². The monoisotopic (exact) mass is 369 g/mol. The summed E-state index contributed by atoms with van der Waals surface area (Å²) in [6.45, 7) is 2.07. The number of hydrogen-bond acceptors (Lipinski definition) is 2. The van der Waals surface area contributed by atoms with Crippen LogP contribution in [0.1, 0.15) is 41.7 Å². The van der Waals surface area contributed by atoms with Gasteiger partial charge in [-0.05, 0) is 31.9 Å². The maximum atomic E-state index is 13.0. The fraction of sp³-hybridized carbons (Fsp3) is 0.250. The first-order chi connectivity index (χ1) is 13.7. The molecule has 4 heteroatoms. The van der Waals surface area contributed by atoms with Crippen LogP contribution in [0, 0.1) is 6.92 Å². The number of aromatic amines is 1. The normalized spacial score (nSPS) is 14.8. The Morgan fingerprint density at radius 1 is 1.04 bits per heavy atom. The van der Waals surface area contributed by atoms with Crippen LogP contribution in [0.3, 0.4) is 0 Å². The fourth-order valence-corrected chi connectivity index (χ4v) is 4.21. The van der Waals surface area contributed by atoms with Gasteiger partial charge in [0, 0.05) is 27.9 Å². The minimum absolute atomic E-state index is 0.0764. The van der Waals surface area contributed by atoms with Gasteiger partial charge in [-0.15, -0.1) is 0 Å². The van der Waals surface area contributed by atoms with Gasteiger partial charge in [0.05, 0.1) is 11.2 Å². The Balaban J connectivity index is 1.69. The number of nitrogens with one attached hydrogen (secondary N) is 2. The number of pyridine rings is 1. The van der Waals surface area contributed by atoms with Crippen molar-refractivity contribution >= 4 is 27.7 Å². The average Bonchev–Trinajstić information content (AvgIpc) is 3.35. The molecule has 2 aromatic carbocycles. The summed E-state index contributed by atoms with van der Waals surface area (Å²) in [6, 6.07) is 18.7. The molecule has 0 unspecified atom stereocenters. The molecule has 2 heterocycles. The molecular formula is C24H23N3O. The number of para-hydroxylation sites is 1. The summed E-state index contributed by atoms with van der Waals surface area (Å²) in [5.41, 5.74) is 5.55. The quantitative estimate of drug-likeness (QED) is 0.510. The lowest BCUT2D eigenvalue weighted by molar-refractivity contribution is 0.0933. The second-order valence-electron chi connectivity index (χ2n) is 7.77. The average molecular weight is 369 g/mol. The molecule has 2 N–H and O–H groups in total. The van der Waals surface area contributed by atoms with Gasteiger partial charge in [0.15, 0.2) is 0 Å². The molecule has 1 amide bonds. The molecule has 1 aliphatic carbocycles. The third-order valence-corrected chi connectivity index (χ3v) is 5.74. The lowest BCUT2D eigenvalue weighted by Crippen LogP contribution is -2.33. The summed E-state index contributed by atoms with van der Waals surface area (Å²) in [5.74, 6) is -0.0764. The molecule has 1 saturated carbocycles. The number of hydrogen-bond donors (Lipinski definition) is 2. The summed E-state index contributed by atoms with van der Waals surface area (Å²) >= 11 is 0. The highest BCUT2D eigenvalue weighted by Gasteiger charge is 2.21. The number of fused-ring (bicyclic) bond motifs is 3. The number of carbonyl (C=O) groups is 1. The number of carbonyl (C=O) groups excluding carboxylic acids is 1. The molecule has 1 aliphatic rings. The first kappa shape index (κ1) is 17.0. The predicted molar refractivity (Wildman–Crippen MR) is 113 cm³/mol. The van der Waals surface area contributed by atoms with Crippen LogP contribution in [0.5, 0.6) is 0 Å². The van der Waals surface area contributed by atoms with Gasteiger partial charge in [0.25, 0.3) is 5.91 Å². The van der Waals surface area contributed by atoms with Crippen molar-refractivity contribution < 1.29 is 4.79 Å². The number of rotatable bonds is 3. The second kappa shape index (κ2) is 6.79. The molecule has 1 fully saturated rings. The van der Waals surface area contributed by atoms with Crippen LogP contribution in [0.15, 0.2) is 54.6 Å². The highest BCUT2D eigenvalue weighted by Crippen LogP contribution is 2.33. The second-order valence-corrected chi connectivity index (χ2v) is 7.77. The van der Waals surface area contributed by atoms with E-state index in [1.54, 1.807) is 0 Å². The minimum Gasteiger partial charge on any atom is -0.353 e. The first-order valence-electron chi connectivity index (χ1n) is 9.98.